The second-order valence-corrected chi connectivity index (χ2v) is 5.34. The fourth-order valence-corrected chi connectivity index (χ4v) is 2.32. The molecule has 0 aliphatic rings. The fourth-order valence-electron chi connectivity index (χ4n) is 1.49. The monoisotopic (exact) mass is 346 g/mol. The molecule has 0 N–H and O–H groups in total. The lowest BCUT2D eigenvalue weighted by molar-refractivity contribution is 0.103. The molecule has 0 aromatic heterocycles. The van der Waals surface area contributed by atoms with Crippen molar-refractivity contribution in [2.45, 2.75) is 0 Å². The molecule has 0 fully saturated rings. The van der Waals surface area contributed by atoms with E-state index in [9.17, 15) is 9.18 Å². The first-order chi connectivity index (χ1) is 8.49. The Morgan fingerprint density at radius 2 is 1.72 bits per heavy atom. The Morgan fingerprint density at radius 1 is 1.06 bits per heavy atom. The van der Waals surface area contributed by atoms with Crippen molar-refractivity contribution in [1.29, 1.82) is 0 Å². The van der Waals surface area contributed by atoms with Crippen molar-refractivity contribution >= 4 is 44.9 Å². The van der Waals surface area contributed by atoms with Gasteiger partial charge in [0.1, 0.15) is 5.82 Å². The van der Waals surface area contributed by atoms with Crippen LogP contribution >= 0.6 is 39.1 Å². The molecule has 0 aliphatic heterocycles. The molecule has 0 amide bonds. The van der Waals surface area contributed by atoms with Crippen LogP contribution in [0.25, 0.3) is 0 Å². The van der Waals surface area contributed by atoms with Crippen LogP contribution in [0, 0.1) is 5.82 Å². The first-order valence-electron chi connectivity index (χ1n) is 4.94. The normalized spacial score (nSPS) is 10.4. The summed E-state index contributed by atoms with van der Waals surface area (Å²) in [6, 6.07) is 8.71. The third-order valence-corrected chi connectivity index (χ3v) is 3.39. The summed E-state index contributed by atoms with van der Waals surface area (Å²) in [4.78, 5) is 12.1. The van der Waals surface area contributed by atoms with Crippen molar-refractivity contribution in [2.75, 3.05) is 0 Å². The van der Waals surface area contributed by atoms with Gasteiger partial charge in [0, 0.05) is 15.1 Å². The van der Waals surface area contributed by atoms with Gasteiger partial charge in [-0.3, -0.25) is 4.79 Å². The standard InChI is InChI=1S/C13H6BrCl2FO/c14-7-1-3-10(12(17)5-7)13(18)9-4-2-8(15)6-11(9)16/h1-6H. The van der Waals surface area contributed by atoms with E-state index in [4.69, 9.17) is 23.2 Å². The zero-order valence-electron chi connectivity index (χ0n) is 8.88. The number of ketones is 1. The topological polar surface area (TPSA) is 17.1 Å². The molecule has 2 rings (SSSR count). The smallest absolute Gasteiger partial charge is 0.197 e. The minimum atomic E-state index is -0.597. The van der Waals surface area contributed by atoms with Crippen molar-refractivity contribution in [1.82, 2.24) is 0 Å². The number of carbonyl (C=O) groups excluding carboxylic acids is 1. The highest BCUT2D eigenvalue weighted by atomic mass is 79.9. The molecule has 0 saturated carbocycles. The number of hydrogen-bond acceptors (Lipinski definition) is 1. The summed E-state index contributed by atoms with van der Waals surface area (Å²) in [6.07, 6.45) is 0. The summed E-state index contributed by atoms with van der Waals surface area (Å²) in [5, 5.41) is 0.627. The van der Waals surface area contributed by atoms with E-state index >= 15 is 0 Å². The van der Waals surface area contributed by atoms with E-state index in [1.165, 1.54) is 30.3 Å². The van der Waals surface area contributed by atoms with Crippen LogP contribution < -0.4 is 0 Å². The Balaban J connectivity index is 2.48. The molecule has 0 heterocycles. The lowest BCUT2D eigenvalue weighted by Gasteiger charge is -2.05. The van der Waals surface area contributed by atoms with E-state index in [2.05, 4.69) is 15.9 Å². The number of hydrogen-bond donors (Lipinski definition) is 0. The van der Waals surface area contributed by atoms with Crippen LogP contribution in [0.2, 0.25) is 10.0 Å². The lowest BCUT2D eigenvalue weighted by atomic mass is 10.0. The van der Waals surface area contributed by atoms with Gasteiger partial charge in [-0.2, -0.15) is 0 Å². The molecule has 0 saturated heterocycles. The van der Waals surface area contributed by atoms with Gasteiger partial charge < -0.3 is 0 Å². The Hall–Kier alpha value is -0.900. The van der Waals surface area contributed by atoms with E-state index in [0.29, 0.717) is 9.50 Å². The molecule has 0 bridgehead atoms. The predicted octanol–water partition coefficient (Wildman–Crippen LogP) is 5.13. The fraction of sp³-hybridized carbons (Fsp3) is 0. The van der Waals surface area contributed by atoms with E-state index in [0.717, 1.165) is 0 Å². The third-order valence-electron chi connectivity index (χ3n) is 2.35. The SMILES string of the molecule is O=C(c1ccc(Br)cc1F)c1ccc(Cl)cc1Cl. The Kier molecular flexibility index (Phi) is 4.05. The average molecular weight is 348 g/mol. The molecular weight excluding hydrogens is 342 g/mol. The van der Waals surface area contributed by atoms with Crippen molar-refractivity contribution in [3.63, 3.8) is 0 Å². The Labute approximate surface area is 122 Å². The van der Waals surface area contributed by atoms with Gasteiger partial charge in [-0.15, -0.1) is 0 Å². The van der Waals surface area contributed by atoms with Crippen LogP contribution in [0.1, 0.15) is 15.9 Å². The van der Waals surface area contributed by atoms with Crippen molar-refractivity contribution in [3.8, 4) is 0 Å². The molecule has 2 aromatic rings. The minimum Gasteiger partial charge on any atom is -0.288 e. The zero-order chi connectivity index (χ0) is 13.3. The summed E-state index contributed by atoms with van der Waals surface area (Å²) in [7, 11) is 0. The predicted molar refractivity (Wildman–Crippen MR) is 74.0 cm³/mol. The summed E-state index contributed by atoms with van der Waals surface area (Å²) in [6.45, 7) is 0. The molecule has 0 unspecified atom stereocenters. The molecule has 2 aromatic carbocycles. The molecule has 0 spiro atoms. The van der Waals surface area contributed by atoms with E-state index < -0.39 is 11.6 Å². The molecule has 92 valence electrons. The summed E-state index contributed by atoms with van der Waals surface area (Å²) >= 11 is 14.8. The summed E-state index contributed by atoms with van der Waals surface area (Å²) in [5.74, 6) is -1.07. The number of halogens is 4. The molecule has 18 heavy (non-hydrogen) atoms. The van der Waals surface area contributed by atoms with Gasteiger partial charge in [0.25, 0.3) is 0 Å². The highest BCUT2D eigenvalue weighted by Gasteiger charge is 2.17. The summed E-state index contributed by atoms with van der Waals surface area (Å²) < 4.78 is 14.2. The van der Waals surface area contributed by atoms with Gasteiger partial charge in [0.2, 0.25) is 0 Å². The van der Waals surface area contributed by atoms with Gasteiger partial charge >= 0.3 is 0 Å². The van der Waals surface area contributed by atoms with Crippen molar-refractivity contribution in [3.05, 3.63) is 67.9 Å². The zero-order valence-corrected chi connectivity index (χ0v) is 12.0. The quantitative estimate of drug-likeness (QED) is 0.688. The van der Waals surface area contributed by atoms with Gasteiger partial charge in [-0.25, -0.2) is 4.39 Å². The lowest BCUT2D eigenvalue weighted by Crippen LogP contribution is -2.05. The van der Waals surface area contributed by atoms with Gasteiger partial charge in [0.05, 0.1) is 10.6 Å². The van der Waals surface area contributed by atoms with Crippen LogP contribution in [-0.2, 0) is 0 Å². The number of benzene rings is 2. The van der Waals surface area contributed by atoms with Crippen LogP contribution in [0.15, 0.2) is 40.9 Å². The average Bonchev–Trinajstić information content (AvgIpc) is 2.28. The maximum atomic E-state index is 13.7. The molecule has 0 aliphatic carbocycles. The third kappa shape index (κ3) is 2.74. The summed E-state index contributed by atoms with van der Waals surface area (Å²) in [5.41, 5.74) is 0.199. The van der Waals surface area contributed by atoms with Crippen molar-refractivity contribution < 1.29 is 9.18 Å². The molecule has 0 atom stereocenters. The number of rotatable bonds is 2. The number of carbonyl (C=O) groups is 1. The molecule has 5 heteroatoms. The molecule has 1 nitrogen and oxygen atoms in total. The first-order valence-corrected chi connectivity index (χ1v) is 6.49. The maximum Gasteiger partial charge on any atom is 0.197 e. The van der Waals surface area contributed by atoms with Crippen LogP contribution in [0.5, 0.6) is 0 Å². The Bertz CT molecular complexity index is 575. The second-order valence-electron chi connectivity index (χ2n) is 3.58. The minimum absolute atomic E-state index is 0.0255. The van der Waals surface area contributed by atoms with Gasteiger partial charge in [-0.1, -0.05) is 39.1 Å². The highest BCUT2D eigenvalue weighted by molar-refractivity contribution is 9.10. The molecular formula is C13H6BrCl2FO. The maximum absolute atomic E-state index is 13.7. The van der Waals surface area contributed by atoms with E-state index in [1.807, 2.05) is 0 Å². The van der Waals surface area contributed by atoms with Crippen LogP contribution in [0.4, 0.5) is 4.39 Å². The first kappa shape index (κ1) is 13.5. The van der Waals surface area contributed by atoms with Crippen molar-refractivity contribution in [2.24, 2.45) is 0 Å². The van der Waals surface area contributed by atoms with Crippen LogP contribution in [0.3, 0.4) is 0 Å². The van der Waals surface area contributed by atoms with Crippen LogP contribution in [-0.4, -0.2) is 5.78 Å². The Morgan fingerprint density at radius 3 is 2.33 bits per heavy atom. The second kappa shape index (κ2) is 5.39. The largest absolute Gasteiger partial charge is 0.288 e. The van der Waals surface area contributed by atoms with E-state index in [1.54, 1.807) is 6.07 Å². The van der Waals surface area contributed by atoms with Gasteiger partial charge in [-0.05, 0) is 36.4 Å². The molecule has 0 radical (unpaired) electrons. The highest BCUT2D eigenvalue weighted by Crippen LogP contribution is 2.25. The van der Waals surface area contributed by atoms with E-state index in [-0.39, 0.29) is 16.1 Å². The van der Waals surface area contributed by atoms with Gasteiger partial charge in [0.15, 0.2) is 5.78 Å².